The Morgan fingerprint density at radius 1 is 1.05 bits per heavy atom. The van der Waals surface area contributed by atoms with Gasteiger partial charge >= 0.3 is 7.82 Å². The van der Waals surface area contributed by atoms with E-state index in [1.165, 1.54) is 113 Å². The van der Waals surface area contributed by atoms with Crippen molar-refractivity contribution >= 4 is 19.2 Å². The number of unbranched alkanes of at least 4 members (excludes halogenated alkanes) is 15. The zero-order valence-electron chi connectivity index (χ0n) is 35.3. The van der Waals surface area contributed by atoms with Crippen LogP contribution in [0.2, 0.25) is 0 Å². The molecule has 2 aliphatic rings. The lowest BCUT2D eigenvalue weighted by Gasteiger charge is -2.32. The molecule has 2 fully saturated rings. The highest BCUT2D eigenvalue weighted by Crippen LogP contribution is 2.63. The average molecular weight is 858 g/mol. The molecule has 0 bridgehead atoms. The summed E-state index contributed by atoms with van der Waals surface area (Å²) in [6, 6.07) is 8.12. The van der Waals surface area contributed by atoms with E-state index in [-0.39, 0.29) is 36.6 Å². The van der Waals surface area contributed by atoms with E-state index < -0.39 is 55.9 Å². The first kappa shape index (κ1) is 47.8. The van der Waals surface area contributed by atoms with Crippen LogP contribution in [0.25, 0.3) is 5.52 Å². The van der Waals surface area contributed by atoms with Gasteiger partial charge in [0.05, 0.1) is 37.1 Å². The number of nitrogens with two attached hydrogens (primary N) is 1. The van der Waals surface area contributed by atoms with E-state index in [1.54, 1.807) is 19.1 Å². The minimum Gasteiger partial charge on any atom is -0.386 e. The number of halogens is 1. The number of benzene rings is 1. The molecule has 1 aliphatic heterocycles. The summed E-state index contributed by atoms with van der Waals surface area (Å²) in [7, 11) is -4.86. The summed E-state index contributed by atoms with van der Waals surface area (Å²) in [5, 5.41) is 36.5. The summed E-state index contributed by atoms with van der Waals surface area (Å²) in [4.78, 5) is 14.7. The molecule has 60 heavy (non-hydrogen) atoms. The largest absolute Gasteiger partial charge is 0.472 e. The molecule has 5 rings (SSSR count). The van der Waals surface area contributed by atoms with Gasteiger partial charge in [-0.25, -0.2) is 18.5 Å². The van der Waals surface area contributed by atoms with Crippen molar-refractivity contribution in [2.75, 3.05) is 25.6 Å². The lowest BCUT2D eigenvalue weighted by Crippen LogP contribution is -2.46. The lowest BCUT2D eigenvalue weighted by atomic mass is 9.91. The van der Waals surface area contributed by atoms with E-state index in [2.05, 4.69) is 23.6 Å². The number of aliphatic hydroxyl groups excluding tert-OH is 1. The number of rotatable bonds is 30. The van der Waals surface area contributed by atoms with Gasteiger partial charge in [-0.15, -0.1) is 6.58 Å². The van der Waals surface area contributed by atoms with Gasteiger partial charge in [0.1, 0.15) is 47.7 Å². The van der Waals surface area contributed by atoms with Crippen molar-refractivity contribution in [2.45, 2.75) is 165 Å². The van der Waals surface area contributed by atoms with Gasteiger partial charge in [0, 0.05) is 12.2 Å². The van der Waals surface area contributed by atoms with Crippen molar-refractivity contribution in [3.05, 3.63) is 71.4 Å². The van der Waals surface area contributed by atoms with E-state index in [1.807, 2.05) is 6.07 Å². The van der Waals surface area contributed by atoms with Crippen LogP contribution >= 0.6 is 7.82 Å². The zero-order valence-corrected chi connectivity index (χ0v) is 36.2. The quantitative estimate of drug-likeness (QED) is 0.0284. The van der Waals surface area contributed by atoms with E-state index >= 15 is 0 Å². The van der Waals surface area contributed by atoms with Gasteiger partial charge in [-0.3, -0.25) is 9.05 Å². The fraction of sp³-hybridized carbons (Fsp3) is 0.659. The standard InChI is InChI=1S/C44H65FN5O9P/c1-4-6-7-8-9-10-11-12-13-14-15-16-17-18-19-20-24-55-29-34(56-28-32-25-33(27-46)35(21-5-2)36(45)26-32)30-57-60(53,54)59-40-39-44(40,52)42(51)43(3,58-39)38-23-22-37-41(47)48-31-49-50(37)38/h5,22-23,25-26,31,34,39-40,42,51-52H,2,4,6-21,24,28-30H2,1,3H3,(H,53,54)(H2,47,48,49)/t34-,39-,40?,42+,43+,44+/m1/s1. The third-order valence-electron chi connectivity index (χ3n) is 11.7. The Hall–Kier alpha value is -3.29. The number of phosphoric acid groups is 1. The number of fused-ring (bicyclic) bond motifs is 2. The van der Waals surface area contributed by atoms with E-state index in [0.717, 1.165) is 19.3 Å². The topological polar surface area (TPSA) is 204 Å². The van der Waals surface area contributed by atoms with E-state index in [4.69, 9.17) is 29.0 Å². The molecule has 1 aromatic carbocycles. The third kappa shape index (κ3) is 12.2. The van der Waals surface area contributed by atoms with Crippen molar-refractivity contribution in [1.29, 1.82) is 5.26 Å². The number of nitriles is 1. The first-order valence-corrected chi connectivity index (χ1v) is 23.2. The number of aliphatic hydroxyl groups is 2. The van der Waals surface area contributed by atoms with Crippen LogP contribution < -0.4 is 5.73 Å². The Bertz CT molecular complexity index is 1930. The van der Waals surface area contributed by atoms with E-state index in [9.17, 15) is 29.3 Å². The zero-order chi connectivity index (χ0) is 43.2. The molecule has 0 radical (unpaired) electrons. The summed E-state index contributed by atoms with van der Waals surface area (Å²) < 4.78 is 58.2. The number of nitrogens with zero attached hydrogens (tertiary/aromatic N) is 4. The predicted molar refractivity (Wildman–Crippen MR) is 225 cm³/mol. The summed E-state index contributed by atoms with van der Waals surface area (Å²) in [6.07, 6.45) is 18.1. The van der Waals surface area contributed by atoms with Crippen LogP contribution in [0.5, 0.6) is 0 Å². The van der Waals surface area contributed by atoms with Crippen LogP contribution in [-0.4, -0.2) is 79.5 Å². The van der Waals surface area contributed by atoms with Crippen LogP contribution in [0.1, 0.15) is 139 Å². The molecule has 16 heteroatoms. The fourth-order valence-corrected chi connectivity index (χ4v) is 9.12. The van der Waals surface area contributed by atoms with Gasteiger partial charge in [0.25, 0.3) is 0 Å². The number of allylic oxidation sites excluding steroid dienone is 1. The minimum atomic E-state index is -4.86. The molecule has 0 amide bonds. The van der Waals surface area contributed by atoms with Crippen molar-refractivity contribution in [2.24, 2.45) is 0 Å². The maximum atomic E-state index is 14.9. The number of ether oxygens (including phenoxy) is 3. The van der Waals surface area contributed by atoms with Gasteiger partial charge in [-0.1, -0.05) is 109 Å². The van der Waals surface area contributed by atoms with Crippen molar-refractivity contribution in [1.82, 2.24) is 14.6 Å². The van der Waals surface area contributed by atoms with Crippen LogP contribution in [0.4, 0.5) is 10.2 Å². The van der Waals surface area contributed by atoms with Crippen molar-refractivity contribution in [3.63, 3.8) is 0 Å². The van der Waals surface area contributed by atoms with Crippen molar-refractivity contribution < 1.29 is 47.3 Å². The Morgan fingerprint density at radius 3 is 2.27 bits per heavy atom. The maximum Gasteiger partial charge on any atom is 0.472 e. The number of hydrogen-bond acceptors (Lipinski definition) is 12. The number of anilines is 1. The summed E-state index contributed by atoms with van der Waals surface area (Å²) in [6.45, 7) is 7.29. The summed E-state index contributed by atoms with van der Waals surface area (Å²) in [5.74, 6) is -0.353. The van der Waals surface area contributed by atoms with Crippen LogP contribution in [0.3, 0.4) is 0 Å². The molecule has 2 unspecified atom stereocenters. The number of phosphoric ester groups is 1. The summed E-state index contributed by atoms with van der Waals surface area (Å²) >= 11 is 0. The number of hydrogen-bond donors (Lipinski definition) is 4. The van der Waals surface area contributed by atoms with Crippen LogP contribution in [-0.2, 0) is 46.5 Å². The molecule has 1 aliphatic carbocycles. The molecule has 5 N–H and O–H groups in total. The van der Waals surface area contributed by atoms with Gasteiger partial charge in [0.2, 0.25) is 0 Å². The van der Waals surface area contributed by atoms with Gasteiger partial charge < -0.3 is 35.1 Å². The molecule has 1 saturated carbocycles. The molecule has 1 saturated heterocycles. The Morgan fingerprint density at radius 2 is 1.68 bits per heavy atom. The Balaban J connectivity index is 1.07. The monoisotopic (exact) mass is 857 g/mol. The van der Waals surface area contributed by atoms with E-state index in [0.29, 0.717) is 23.4 Å². The molecule has 0 spiro atoms. The first-order chi connectivity index (χ1) is 28.9. The van der Waals surface area contributed by atoms with Gasteiger partial charge in [-0.05, 0) is 49.6 Å². The molecule has 332 valence electrons. The predicted octanol–water partition coefficient (Wildman–Crippen LogP) is 8.14. The fourth-order valence-electron chi connectivity index (χ4n) is 8.14. The summed E-state index contributed by atoms with van der Waals surface area (Å²) in [5.41, 5.74) is 4.11. The van der Waals surface area contributed by atoms with Crippen LogP contribution in [0.15, 0.2) is 43.2 Å². The highest BCUT2D eigenvalue weighted by molar-refractivity contribution is 7.47. The average Bonchev–Trinajstić information content (AvgIpc) is 3.46. The second-order valence-electron chi connectivity index (χ2n) is 16.4. The molecule has 7 atom stereocenters. The van der Waals surface area contributed by atoms with Crippen LogP contribution in [0, 0.1) is 17.1 Å². The second kappa shape index (κ2) is 22.7. The molecule has 3 aromatic rings. The number of aromatic nitrogens is 3. The molecule has 14 nitrogen and oxygen atoms in total. The lowest BCUT2D eigenvalue weighted by molar-refractivity contribution is -0.127. The molecular formula is C44H65FN5O9P. The normalized spacial score (nSPS) is 23.6. The molecule has 2 aromatic heterocycles. The smallest absolute Gasteiger partial charge is 0.386 e. The highest BCUT2D eigenvalue weighted by Gasteiger charge is 2.82. The third-order valence-corrected chi connectivity index (χ3v) is 12.7. The minimum absolute atomic E-state index is 0.00358. The number of nitrogen functional groups attached to an aromatic ring is 1. The Kier molecular flexibility index (Phi) is 18.1. The SMILES string of the molecule is C=CCc1c(F)cc(CO[C@H](COCCCCCCCCCCCCCCCCCC)COP(=O)(O)OC2[C@H]3O[C@@](C)(c4ccc5c(N)ncnn45)[C@H](O)[C@@]23O)cc1C#N. The first-order valence-electron chi connectivity index (χ1n) is 21.7. The highest BCUT2D eigenvalue weighted by atomic mass is 31.2. The Labute approximate surface area is 353 Å². The maximum absolute atomic E-state index is 14.9. The van der Waals surface area contributed by atoms with Crippen molar-refractivity contribution in [3.8, 4) is 6.07 Å². The molecule has 3 heterocycles. The van der Waals surface area contributed by atoms with Gasteiger partial charge in [-0.2, -0.15) is 10.4 Å². The van der Waals surface area contributed by atoms with Gasteiger partial charge in [0.15, 0.2) is 11.4 Å². The molecular weight excluding hydrogens is 792 g/mol. The second-order valence-corrected chi connectivity index (χ2v) is 17.8.